The number of carbonyl (C=O) groups excluding carboxylic acids is 1. The lowest BCUT2D eigenvalue weighted by Gasteiger charge is -2.35. The van der Waals surface area contributed by atoms with E-state index in [1.54, 1.807) is 43.3 Å². The molecule has 10 heteroatoms. The second kappa shape index (κ2) is 9.34. The van der Waals surface area contributed by atoms with Gasteiger partial charge in [0.1, 0.15) is 12.2 Å². The van der Waals surface area contributed by atoms with Gasteiger partial charge in [-0.3, -0.25) is 10.1 Å². The molecule has 0 amide bonds. The fourth-order valence-electron chi connectivity index (χ4n) is 4.24. The first kappa shape index (κ1) is 25.0. The molecule has 0 saturated heterocycles. The fraction of sp³-hybridized carbons (Fsp3) is 0.435. The maximum atomic E-state index is 13.5. The molecule has 1 aliphatic rings. The molecule has 6 nitrogen and oxygen atoms in total. The summed E-state index contributed by atoms with van der Waals surface area (Å²) >= 11 is 0. The summed E-state index contributed by atoms with van der Waals surface area (Å²) in [5, 5.41) is 3.25. The zero-order valence-corrected chi connectivity index (χ0v) is 19.3. The van der Waals surface area contributed by atoms with Gasteiger partial charge in [0.25, 0.3) is 0 Å². The smallest absolute Gasteiger partial charge is 0.395 e. The van der Waals surface area contributed by atoms with Crippen molar-refractivity contribution in [1.29, 1.82) is 0 Å². The lowest BCUT2D eigenvalue weighted by Crippen LogP contribution is -2.51. The third-order valence-corrected chi connectivity index (χ3v) is 7.78. The number of halogens is 3. The Hall–Kier alpha value is -2.59. The van der Waals surface area contributed by atoms with Gasteiger partial charge in [-0.05, 0) is 23.6 Å². The highest BCUT2D eigenvalue weighted by atomic mass is 32.2. The maximum Gasteiger partial charge on any atom is 0.395 e. The Balaban J connectivity index is 2.21. The van der Waals surface area contributed by atoms with Crippen LogP contribution in [-0.4, -0.2) is 45.9 Å². The molecule has 0 bridgehead atoms. The molecule has 2 atom stereocenters. The van der Waals surface area contributed by atoms with Crippen molar-refractivity contribution in [2.24, 2.45) is 0 Å². The van der Waals surface area contributed by atoms with Crippen molar-refractivity contribution in [1.82, 2.24) is 5.32 Å². The minimum Gasteiger partial charge on any atom is -0.493 e. The predicted molar refractivity (Wildman–Crippen MR) is 116 cm³/mol. The molecule has 0 aromatic heterocycles. The van der Waals surface area contributed by atoms with Crippen molar-refractivity contribution in [3.8, 4) is 11.5 Å². The highest BCUT2D eigenvalue weighted by Gasteiger charge is 2.45. The molecule has 2 aromatic carbocycles. The van der Waals surface area contributed by atoms with Gasteiger partial charge < -0.3 is 9.47 Å². The quantitative estimate of drug-likeness (QED) is 0.632. The van der Waals surface area contributed by atoms with E-state index < -0.39 is 52.0 Å². The summed E-state index contributed by atoms with van der Waals surface area (Å²) in [6.45, 7) is 1.66. The zero-order valence-electron chi connectivity index (χ0n) is 18.5. The van der Waals surface area contributed by atoms with Crippen LogP contribution in [0.5, 0.6) is 11.5 Å². The summed E-state index contributed by atoms with van der Waals surface area (Å²) in [6.07, 6.45) is -6.73. The van der Waals surface area contributed by atoms with Crippen LogP contribution >= 0.6 is 0 Å². The molecule has 0 spiro atoms. The molecule has 1 aliphatic heterocycles. The van der Waals surface area contributed by atoms with Crippen LogP contribution in [0.4, 0.5) is 13.2 Å². The van der Waals surface area contributed by atoms with E-state index in [0.29, 0.717) is 16.9 Å². The van der Waals surface area contributed by atoms with Crippen LogP contribution < -0.4 is 14.8 Å². The molecule has 3 rings (SSSR count). The summed E-state index contributed by atoms with van der Waals surface area (Å²) in [4.78, 5) is 12.3. The Morgan fingerprint density at radius 1 is 1.12 bits per heavy atom. The molecular weight excluding hydrogens is 459 g/mol. The number of sulfone groups is 1. The molecule has 0 fully saturated rings. The van der Waals surface area contributed by atoms with Crippen LogP contribution in [0.2, 0.25) is 0 Å². The van der Waals surface area contributed by atoms with E-state index >= 15 is 0 Å². The summed E-state index contributed by atoms with van der Waals surface area (Å²) in [7, 11) is -1.21. The van der Waals surface area contributed by atoms with Crippen LogP contribution in [0.3, 0.4) is 0 Å². The largest absolute Gasteiger partial charge is 0.493 e. The van der Waals surface area contributed by atoms with Crippen molar-refractivity contribution in [2.45, 2.75) is 48.8 Å². The van der Waals surface area contributed by atoms with Gasteiger partial charge in [-0.25, -0.2) is 8.42 Å². The lowest BCUT2D eigenvalue weighted by atomic mass is 9.87. The number of Topliss-reactive ketones (excluding diaryl/α,β-unsaturated/α-hetero) is 1. The van der Waals surface area contributed by atoms with Gasteiger partial charge in [-0.15, -0.1) is 0 Å². The average molecular weight is 486 g/mol. The van der Waals surface area contributed by atoms with E-state index in [9.17, 15) is 26.4 Å². The Labute approximate surface area is 191 Å². The number of rotatable bonds is 7. The Morgan fingerprint density at radius 2 is 1.73 bits per heavy atom. The molecule has 0 saturated carbocycles. The Kier molecular flexibility index (Phi) is 7.09. The number of ether oxygens (including phenoxy) is 2. The summed E-state index contributed by atoms with van der Waals surface area (Å²) in [6, 6.07) is 11.1. The van der Waals surface area contributed by atoms with Crippen LogP contribution in [0.15, 0.2) is 47.4 Å². The summed E-state index contributed by atoms with van der Waals surface area (Å²) in [5.41, 5.74) is -0.331. The molecule has 0 unspecified atom stereocenters. The molecule has 33 heavy (non-hydrogen) atoms. The van der Waals surface area contributed by atoms with E-state index in [2.05, 4.69) is 5.32 Å². The zero-order chi connectivity index (χ0) is 24.4. The van der Waals surface area contributed by atoms with Gasteiger partial charge in [0.05, 0.1) is 30.9 Å². The first-order valence-electron chi connectivity index (χ1n) is 10.3. The number of ketones is 1. The van der Waals surface area contributed by atoms with E-state index in [-0.39, 0.29) is 17.1 Å². The highest BCUT2D eigenvalue weighted by molar-refractivity contribution is 7.91. The van der Waals surface area contributed by atoms with Gasteiger partial charge >= 0.3 is 6.18 Å². The number of hydrogen-bond donors (Lipinski definition) is 1. The summed E-state index contributed by atoms with van der Waals surface area (Å²) < 4.78 is 76.2. The molecule has 180 valence electrons. The Bertz CT molecular complexity index is 1120. The van der Waals surface area contributed by atoms with Gasteiger partial charge in [-0.1, -0.05) is 37.3 Å². The van der Waals surface area contributed by atoms with Crippen LogP contribution in [0.25, 0.3) is 0 Å². The van der Waals surface area contributed by atoms with Crippen molar-refractivity contribution in [3.05, 3.63) is 53.6 Å². The third kappa shape index (κ3) is 5.50. The molecule has 1 heterocycles. The second-order valence-corrected chi connectivity index (χ2v) is 10.1. The topological polar surface area (TPSA) is 81.7 Å². The molecule has 2 aromatic rings. The van der Waals surface area contributed by atoms with Crippen LogP contribution in [-0.2, 0) is 14.6 Å². The monoisotopic (exact) mass is 485 g/mol. The number of hydrogen-bond acceptors (Lipinski definition) is 6. The number of nitrogens with one attached hydrogen (secondary N) is 1. The van der Waals surface area contributed by atoms with Crippen molar-refractivity contribution >= 4 is 15.6 Å². The molecule has 0 aliphatic carbocycles. The van der Waals surface area contributed by atoms with E-state index in [1.807, 2.05) is 0 Å². The number of carbonyl (C=O) groups is 1. The van der Waals surface area contributed by atoms with Crippen molar-refractivity contribution in [3.63, 3.8) is 0 Å². The number of methoxy groups -OCH3 is 2. The van der Waals surface area contributed by atoms with Crippen LogP contribution in [0.1, 0.15) is 43.4 Å². The third-order valence-electron chi connectivity index (χ3n) is 5.82. The van der Waals surface area contributed by atoms with E-state index in [0.717, 1.165) is 0 Å². The molecular formula is C23H26F3NO5S. The van der Waals surface area contributed by atoms with Gasteiger partial charge in [0.15, 0.2) is 21.3 Å². The number of fused-ring (bicyclic) bond motifs is 1. The predicted octanol–water partition coefficient (Wildman–Crippen LogP) is 4.23. The average Bonchev–Trinajstić information content (AvgIpc) is 2.84. The lowest BCUT2D eigenvalue weighted by molar-refractivity contribution is -0.153. The normalized spacial score (nSPS) is 22.2. The summed E-state index contributed by atoms with van der Waals surface area (Å²) in [5.74, 6) is -1.08. The van der Waals surface area contributed by atoms with Gasteiger partial charge in [0, 0.05) is 18.0 Å². The first-order chi connectivity index (χ1) is 15.4. The number of alkyl halides is 3. The number of benzene rings is 2. The fourth-order valence-corrected chi connectivity index (χ4v) is 6.34. The minimum absolute atomic E-state index is 0.0138. The highest BCUT2D eigenvalue weighted by Crippen LogP contribution is 2.42. The second-order valence-electron chi connectivity index (χ2n) is 8.13. The van der Waals surface area contributed by atoms with Gasteiger partial charge in [-0.2, -0.15) is 13.2 Å². The molecule has 1 N–H and O–H groups in total. The van der Waals surface area contributed by atoms with Crippen LogP contribution in [0, 0.1) is 0 Å². The first-order valence-corrected chi connectivity index (χ1v) is 12.0. The standard InChI is InChI=1S/C23H26F3NO5S/c1-4-22(12-16(28)13-23(24,25)26)14-33(29,30)20-11-19(32-3)18(31-2)10-17(20)21(27-22)15-8-6-5-7-9-15/h5-11,21,27H,4,12-14H2,1-3H3/t21-,22-/m0/s1. The SMILES string of the molecule is CC[C@]1(CC(=O)CC(F)(F)F)CS(=O)(=O)c2cc(OC)c(OC)cc2[C@H](c2ccccc2)N1. The maximum absolute atomic E-state index is 13.5. The van der Waals surface area contributed by atoms with Gasteiger partial charge in [0.2, 0.25) is 0 Å². The van der Waals surface area contributed by atoms with E-state index in [4.69, 9.17) is 9.47 Å². The minimum atomic E-state index is -4.67. The molecule has 0 radical (unpaired) electrons. The van der Waals surface area contributed by atoms with E-state index in [1.165, 1.54) is 20.3 Å². The van der Waals surface area contributed by atoms with Crippen molar-refractivity contribution < 1.29 is 35.9 Å². The van der Waals surface area contributed by atoms with Crippen molar-refractivity contribution in [2.75, 3.05) is 20.0 Å². The Morgan fingerprint density at radius 3 is 2.27 bits per heavy atom.